The van der Waals surface area contributed by atoms with Gasteiger partial charge in [-0.25, -0.2) is 9.18 Å². The van der Waals surface area contributed by atoms with Crippen LogP contribution in [-0.2, 0) is 6.61 Å². The van der Waals surface area contributed by atoms with Gasteiger partial charge in [-0.1, -0.05) is 57.2 Å². The van der Waals surface area contributed by atoms with Gasteiger partial charge < -0.3 is 14.7 Å². The summed E-state index contributed by atoms with van der Waals surface area (Å²) in [6.45, 7) is 5.73. The van der Waals surface area contributed by atoms with Crippen molar-refractivity contribution in [3.8, 4) is 5.75 Å². The average molecular weight is 387 g/mol. The number of benzene rings is 2. The van der Waals surface area contributed by atoms with Gasteiger partial charge in [0, 0.05) is 19.5 Å². The zero-order chi connectivity index (χ0) is 20.9. The highest BCUT2D eigenvalue weighted by molar-refractivity contribution is 5.99. The maximum atomic E-state index is 14.5. The number of hydrogen-bond donors (Lipinski definition) is 1. The van der Waals surface area contributed by atoms with Crippen LogP contribution in [0.2, 0.25) is 0 Å². The summed E-state index contributed by atoms with van der Waals surface area (Å²) in [5.41, 5.74) is 0.244. The van der Waals surface area contributed by atoms with E-state index in [2.05, 4.69) is 0 Å². The molecule has 2 aromatic rings. The van der Waals surface area contributed by atoms with Crippen LogP contribution in [0.3, 0.4) is 0 Å². The first kappa shape index (κ1) is 21.4. The number of ketones is 1. The summed E-state index contributed by atoms with van der Waals surface area (Å²) in [4.78, 5) is 25.5. The van der Waals surface area contributed by atoms with Crippen LogP contribution in [0.15, 0.2) is 48.5 Å². The Bertz CT molecular complexity index is 830. The number of halogens is 1. The van der Waals surface area contributed by atoms with E-state index >= 15 is 0 Å². The van der Waals surface area contributed by atoms with Crippen molar-refractivity contribution < 1.29 is 23.8 Å². The fourth-order valence-electron chi connectivity index (χ4n) is 3.07. The van der Waals surface area contributed by atoms with Gasteiger partial charge in [-0.3, -0.25) is 4.79 Å². The van der Waals surface area contributed by atoms with Crippen molar-refractivity contribution in [3.05, 3.63) is 65.5 Å². The number of ether oxygens (including phenoxy) is 1. The quantitative estimate of drug-likeness (QED) is 0.679. The highest BCUT2D eigenvalue weighted by Crippen LogP contribution is 2.31. The molecule has 0 aliphatic carbocycles. The number of carbonyl (C=O) groups excluding carboxylic acids is 1. The van der Waals surface area contributed by atoms with Crippen molar-refractivity contribution >= 4 is 11.9 Å². The van der Waals surface area contributed by atoms with E-state index in [0.29, 0.717) is 0 Å². The summed E-state index contributed by atoms with van der Waals surface area (Å²) in [5.74, 6) is -1.02. The van der Waals surface area contributed by atoms with E-state index in [1.54, 1.807) is 6.07 Å². The van der Waals surface area contributed by atoms with Gasteiger partial charge >= 0.3 is 6.09 Å². The van der Waals surface area contributed by atoms with Crippen LogP contribution < -0.4 is 4.74 Å². The molecule has 150 valence electrons. The number of carbonyl (C=O) groups is 2. The van der Waals surface area contributed by atoms with Crippen LogP contribution in [0.5, 0.6) is 5.75 Å². The van der Waals surface area contributed by atoms with Gasteiger partial charge in [0.2, 0.25) is 0 Å². The minimum absolute atomic E-state index is 0.144. The average Bonchev–Trinajstić information content (AvgIpc) is 2.63. The fraction of sp³-hybridized carbons (Fsp3) is 0.364. The molecule has 28 heavy (non-hydrogen) atoms. The Morgan fingerprint density at radius 3 is 2.32 bits per heavy atom. The van der Waals surface area contributed by atoms with Crippen LogP contribution >= 0.6 is 0 Å². The molecule has 0 heterocycles. The molecule has 0 radical (unpaired) electrons. The molecule has 0 bridgehead atoms. The third-order valence-corrected chi connectivity index (χ3v) is 4.64. The minimum Gasteiger partial charge on any atom is -0.488 e. The summed E-state index contributed by atoms with van der Waals surface area (Å²) in [7, 11) is 1.42. The van der Waals surface area contributed by atoms with E-state index in [1.807, 2.05) is 51.1 Å². The predicted octanol–water partition coefficient (Wildman–Crippen LogP) is 5.00. The monoisotopic (exact) mass is 387 g/mol. The van der Waals surface area contributed by atoms with Gasteiger partial charge in [0.25, 0.3) is 0 Å². The second kappa shape index (κ2) is 8.87. The summed E-state index contributed by atoms with van der Waals surface area (Å²) in [6.07, 6.45) is -1.28. The molecular weight excluding hydrogens is 361 g/mol. The minimum atomic E-state index is -1.14. The SMILES string of the molecule is CN(C(=O)O)C(CC(=O)c1c(F)cccc1OCc1ccccc1)C(C)(C)C. The Morgan fingerprint density at radius 1 is 1.11 bits per heavy atom. The third kappa shape index (κ3) is 5.31. The van der Waals surface area contributed by atoms with Crippen molar-refractivity contribution in [1.82, 2.24) is 4.90 Å². The van der Waals surface area contributed by atoms with Crippen LogP contribution in [0.4, 0.5) is 9.18 Å². The molecule has 0 saturated heterocycles. The first-order chi connectivity index (χ1) is 13.1. The van der Waals surface area contributed by atoms with E-state index in [1.165, 1.54) is 19.2 Å². The Labute approximate surface area is 164 Å². The maximum absolute atomic E-state index is 14.5. The van der Waals surface area contributed by atoms with Gasteiger partial charge in [0.1, 0.15) is 18.2 Å². The normalized spacial score (nSPS) is 12.3. The van der Waals surface area contributed by atoms with Crippen LogP contribution in [0.1, 0.15) is 43.1 Å². The largest absolute Gasteiger partial charge is 0.488 e. The van der Waals surface area contributed by atoms with Crippen LogP contribution in [0.25, 0.3) is 0 Å². The molecule has 1 unspecified atom stereocenters. The number of hydrogen-bond acceptors (Lipinski definition) is 3. The van der Waals surface area contributed by atoms with E-state index in [4.69, 9.17) is 4.74 Å². The van der Waals surface area contributed by atoms with Crippen LogP contribution in [-0.4, -0.2) is 35.0 Å². The molecule has 0 spiro atoms. The molecule has 2 rings (SSSR count). The van der Waals surface area contributed by atoms with Gasteiger partial charge in [-0.05, 0) is 23.1 Å². The predicted molar refractivity (Wildman–Crippen MR) is 105 cm³/mol. The Kier molecular flexibility index (Phi) is 6.78. The molecule has 1 amide bonds. The van der Waals surface area contributed by atoms with Crippen molar-refractivity contribution in [2.24, 2.45) is 5.41 Å². The number of nitrogens with zero attached hydrogens (tertiary/aromatic N) is 1. The molecule has 1 N–H and O–H groups in total. The summed E-state index contributed by atoms with van der Waals surface area (Å²) >= 11 is 0. The zero-order valence-electron chi connectivity index (χ0n) is 16.6. The molecule has 5 nitrogen and oxygen atoms in total. The Balaban J connectivity index is 2.27. The van der Waals surface area contributed by atoms with Gasteiger partial charge in [0.05, 0.1) is 5.56 Å². The van der Waals surface area contributed by atoms with Gasteiger partial charge in [-0.15, -0.1) is 0 Å². The lowest BCUT2D eigenvalue weighted by atomic mass is 9.82. The number of Topliss-reactive ketones (excluding diaryl/α,β-unsaturated/α-hetero) is 1. The molecule has 0 fully saturated rings. The van der Waals surface area contributed by atoms with Crippen molar-refractivity contribution in [2.45, 2.75) is 39.8 Å². The standard InChI is InChI=1S/C22H26FNO4/c1-22(2,3)19(24(4)21(26)27)13-17(25)20-16(23)11-8-12-18(20)28-14-15-9-6-5-7-10-15/h5-12,19H,13-14H2,1-4H3,(H,26,27). The molecule has 1 atom stereocenters. The van der Waals surface area contributed by atoms with Crippen molar-refractivity contribution in [3.63, 3.8) is 0 Å². The smallest absolute Gasteiger partial charge is 0.407 e. The highest BCUT2D eigenvalue weighted by Gasteiger charge is 2.34. The number of amides is 1. The second-order valence-electron chi connectivity index (χ2n) is 7.79. The third-order valence-electron chi connectivity index (χ3n) is 4.64. The summed E-state index contributed by atoms with van der Waals surface area (Å²) in [6, 6.07) is 13.0. The molecular formula is C22H26FNO4. The second-order valence-corrected chi connectivity index (χ2v) is 7.79. The summed E-state index contributed by atoms with van der Waals surface area (Å²) in [5, 5.41) is 9.33. The zero-order valence-corrected chi connectivity index (χ0v) is 16.6. The molecule has 2 aromatic carbocycles. The molecule has 6 heteroatoms. The number of rotatable bonds is 7. The van der Waals surface area contributed by atoms with Gasteiger partial charge in [0.15, 0.2) is 5.78 Å². The molecule has 0 aromatic heterocycles. The Hall–Kier alpha value is -2.89. The lowest BCUT2D eigenvalue weighted by Crippen LogP contribution is -2.45. The topological polar surface area (TPSA) is 66.8 Å². The van der Waals surface area contributed by atoms with Gasteiger partial charge in [-0.2, -0.15) is 0 Å². The van der Waals surface area contributed by atoms with E-state index < -0.39 is 29.2 Å². The maximum Gasteiger partial charge on any atom is 0.407 e. The van der Waals surface area contributed by atoms with E-state index in [0.717, 1.165) is 10.5 Å². The first-order valence-corrected chi connectivity index (χ1v) is 9.05. The molecule has 0 saturated carbocycles. The summed E-state index contributed by atoms with van der Waals surface area (Å²) < 4.78 is 20.2. The molecule has 0 aliphatic heterocycles. The lowest BCUT2D eigenvalue weighted by Gasteiger charge is -2.36. The van der Waals surface area contributed by atoms with E-state index in [-0.39, 0.29) is 24.3 Å². The fourth-order valence-corrected chi connectivity index (χ4v) is 3.07. The van der Waals surface area contributed by atoms with Crippen LogP contribution in [0, 0.1) is 11.2 Å². The molecule has 0 aliphatic rings. The van der Waals surface area contributed by atoms with Crippen molar-refractivity contribution in [2.75, 3.05) is 7.05 Å². The van der Waals surface area contributed by atoms with E-state index in [9.17, 15) is 19.1 Å². The highest BCUT2D eigenvalue weighted by atomic mass is 19.1. The first-order valence-electron chi connectivity index (χ1n) is 9.05. The Morgan fingerprint density at radius 2 is 1.75 bits per heavy atom. The number of carboxylic acid groups (broad SMARTS) is 1. The van der Waals surface area contributed by atoms with Crippen molar-refractivity contribution in [1.29, 1.82) is 0 Å². The lowest BCUT2D eigenvalue weighted by molar-refractivity contribution is 0.0765.